The number of aliphatic hydroxyl groups excluding tert-OH is 1. The average molecular weight is 408 g/mol. The predicted octanol–water partition coefficient (Wildman–Crippen LogP) is 5.84. The highest BCUT2D eigenvalue weighted by molar-refractivity contribution is 8.45. The Labute approximate surface area is 152 Å². The molecule has 1 aliphatic rings. The topological polar surface area (TPSA) is 61.4 Å². The van der Waals surface area contributed by atoms with Crippen molar-refractivity contribution in [2.45, 2.75) is 30.3 Å². The van der Waals surface area contributed by atoms with E-state index in [4.69, 9.17) is 0 Å². The van der Waals surface area contributed by atoms with Gasteiger partial charge in [0.25, 0.3) is 0 Å². The lowest BCUT2D eigenvalue weighted by molar-refractivity contribution is 0.159. The molecule has 1 atom stereocenters. The Hall–Kier alpha value is -2.33. The molecule has 0 bridgehead atoms. The van der Waals surface area contributed by atoms with Crippen molar-refractivity contribution in [3.05, 3.63) is 53.6 Å². The second-order valence-corrected chi connectivity index (χ2v) is 8.82. The number of amides is 2. The highest BCUT2D eigenvalue weighted by atomic mass is 32.5. The van der Waals surface area contributed by atoms with Crippen LogP contribution in [0.2, 0.25) is 0 Å². The van der Waals surface area contributed by atoms with Gasteiger partial charge in [-0.25, -0.2) is 4.79 Å². The lowest BCUT2D eigenvalue weighted by Gasteiger charge is -2.40. The van der Waals surface area contributed by atoms with Gasteiger partial charge in [-0.3, -0.25) is 0 Å². The van der Waals surface area contributed by atoms with Gasteiger partial charge in [-0.2, -0.15) is 0 Å². The molecule has 2 aromatic rings. The normalized spacial score (nSPS) is 19.4. The van der Waals surface area contributed by atoms with Crippen LogP contribution in [0, 0.1) is 0 Å². The van der Waals surface area contributed by atoms with Crippen LogP contribution in [0.4, 0.5) is 35.6 Å². The molecule has 27 heavy (non-hydrogen) atoms. The van der Waals surface area contributed by atoms with E-state index in [9.17, 15) is 29.3 Å². The molecule has 1 aliphatic carbocycles. The Morgan fingerprint density at radius 1 is 1.00 bits per heavy atom. The minimum absolute atomic E-state index is 0.0667. The largest absolute Gasteiger partial charge is 0.393 e. The maximum Gasteiger partial charge on any atom is 0.323 e. The smallest absolute Gasteiger partial charge is 0.323 e. The van der Waals surface area contributed by atoms with Crippen LogP contribution in [0.15, 0.2) is 47.4 Å². The third-order valence-corrected chi connectivity index (χ3v) is 5.43. The van der Waals surface area contributed by atoms with E-state index in [2.05, 4.69) is 10.6 Å². The lowest BCUT2D eigenvalue weighted by atomic mass is 9.88. The van der Waals surface area contributed by atoms with Crippen molar-refractivity contribution in [2.75, 3.05) is 10.6 Å². The molecule has 0 saturated heterocycles. The van der Waals surface area contributed by atoms with Gasteiger partial charge in [-0.05, 0) is 54.3 Å². The van der Waals surface area contributed by atoms with Crippen molar-refractivity contribution in [1.29, 1.82) is 0 Å². The number of halogens is 5. The van der Waals surface area contributed by atoms with Crippen molar-refractivity contribution in [2.24, 2.45) is 0 Å². The zero-order chi connectivity index (χ0) is 19.9. The summed E-state index contributed by atoms with van der Waals surface area (Å²) in [6, 6.07) is 6.54. The fraction of sp³-hybridized carbons (Fsp3) is 0.235. The maximum absolute atomic E-state index is 12.7. The van der Waals surface area contributed by atoms with Crippen LogP contribution in [0.1, 0.15) is 17.5 Å². The predicted molar refractivity (Wildman–Crippen MR) is 95.0 cm³/mol. The van der Waals surface area contributed by atoms with Crippen LogP contribution in [-0.4, -0.2) is 17.2 Å². The zero-order valence-corrected chi connectivity index (χ0v) is 14.7. The molecule has 0 spiro atoms. The Morgan fingerprint density at radius 3 is 2.30 bits per heavy atom. The number of benzene rings is 2. The molecular formula is C17H17F5N2O2S. The van der Waals surface area contributed by atoms with Gasteiger partial charge in [0.05, 0.1) is 6.10 Å². The summed E-state index contributed by atoms with van der Waals surface area (Å²) >= 11 is 0. The van der Waals surface area contributed by atoms with Crippen LogP contribution >= 0.6 is 10.2 Å². The highest BCUT2D eigenvalue weighted by Gasteiger charge is 2.65. The third kappa shape index (κ3) is 4.69. The molecule has 0 aliphatic heterocycles. The van der Waals surface area contributed by atoms with E-state index in [-0.39, 0.29) is 17.8 Å². The number of fused-ring (bicyclic) bond motifs is 1. The standard InChI is InChI=1S/C17H17F5N2O2S/c18-27(19,20,21,22)14-8-5-12(6-9-14)23-17(26)24-16-3-1-2-11-4-7-13(25)10-15(11)16/h1-3,5-6,8-9,13,25H,4,7,10H2,(H2,23,24,26). The summed E-state index contributed by atoms with van der Waals surface area (Å²) in [5.41, 5.74) is 2.20. The molecule has 3 rings (SSSR count). The number of hydrogen-bond donors (Lipinski definition) is 3. The molecule has 4 nitrogen and oxygen atoms in total. The van der Waals surface area contributed by atoms with E-state index in [0.29, 0.717) is 24.9 Å². The SMILES string of the molecule is O=C(Nc1ccc(S(F)(F)(F)(F)F)cc1)Nc1cccc2c1CC(O)CC2. The van der Waals surface area contributed by atoms with Gasteiger partial charge in [0.1, 0.15) is 4.90 Å². The van der Waals surface area contributed by atoms with Crippen LogP contribution in [-0.2, 0) is 12.8 Å². The summed E-state index contributed by atoms with van der Waals surface area (Å²) in [5, 5.41) is 14.7. The Bertz CT molecular complexity index is 885. The number of hydrogen-bond acceptors (Lipinski definition) is 2. The van der Waals surface area contributed by atoms with Crippen molar-refractivity contribution < 1.29 is 29.3 Å². The van der Waals surface area contributed by atoms with Gasteiger partial charge >= 0.3 is 16.3 Å². The van der Waals surface area contributed by atoms with Crippen molar-refractivity contribution in [3.8, 4) is 0 Å². The van der Waals surface area contributed by atoms with E-state index in [1.165, 1.54) is 0 Å². The van der Waals surface area contributed by atoms with Gasteiger partial charge in [-0.1, -0.05) is 31.6 Å². The number of carbonyl (C=O) groups is 1. The Balaban J connectivity index is 1.73. The van der Waals surface area contributed by atoms with E-state index in [1.54, 1.807) is 12.1 Å². The molecular weight excluding hydrogens is 391 g/mol. The van der Waals surface area contributed by atoms with Gasteiger partial charge in [0, 0.05) is 17.8 Å². The van der Waals surface area contributed by atoms with Crippen LogP contribution < -0.4 is 10.6 Å². The maximum atomic E-state index is 12.7. The minimum Gasteiger partial charge on any atom is -0.393 e. The Kier molecular flexibility index (Phi) is 4.20. The quantitative estimate of drug-likeness (QED) is 0.559. The molecule has 0 fully saturated rings. The summed E-state index contributed by atoms with van der Waals surface area (Å²) in [6.07, 6.45) is 1.16. The second kappa shape index (κ2) is 5.83. The molecule has 0 saturated carbocycles. The molecule has 10 heteroatoms. The summed E-state index contributed by atoms with van der Waals surface area (Å²) in [4.78, 5) is 10.1. The van der Waals surface area contributed by atoms with E-state index >= 15 is 0 Å². The van der Waals surface area contributed by atoms with Crippen molar-refractivity contribution in [1.82, 2.24) is 0 Å². The first-order valence-corrected chi connectivity index (χ1v) is 9.98. The molecule has 0 radical (unpaired) electrons. The van der Waals surface area contributed by atoms with Crippen molar-refractivity contribution >= 4 is 27.6 Å². The number of rotatable bonds is 3. The zero-order valence-electron chi connectivity index (χ0n) is 13.9. The summed E-state index contributed by atoms with van der Waals surface area (Å²) in [7, 11) is -9.74. The number of aryl methyl sites for hydroxylation is 1. The van der Waals surface area contributed by atoms with Crippen LogP contribution in [0.3, 0.4) is 0 Å². The van der Waals surface area contributed by atoms with E-state index in [0.717, 1.165) is 23.3 Å². The van der Waals surface area contributed by atoms with Gasteiger partial charge < -0.3 is 15.7 Å². The summed E-state index contributed by atoms with van der Waals surface area (Å²) < 4.78 is 63.5. The van der Waals surface area contributed by atoms with Gasteiger partial charge in [0.2, 0.25) is 0 Å². The average Bonchev–Trinajstić information content (AvgIpc) is 2.54. The number of anilines is 2. The lowest BCUT2D eigenvalue weighted by Crippen LogP contribution is -2.24. The Morgan fingerprint density at radius 2 is 1.67 bits per heavy atom. The monoisotopic (exact) mass is 408 g/mol. The van der Waals surface area contributed by atoms with Gasteiger partial charge in [-0.15, -0.1) is 0 Å². The molecule has 148 valence electrons. The number of nitrogens with one attached hydrogen (secondary N) is 2. The van der Waals surface area contributed by atoms with Gasteiger partial charge in [0.15, 0.2) is 0 Å². The first-order valence-electron chi connectivity index (χ1n) is 8.03. The summed E-state index contributed by atoms with van der Waals surface area (Å²) in [5.74, 6) is 0. The fourth-order valence-electron chi connectivity index (χ4n) is 2.97. The second-order valence-electron chi connectivity index (χ2n) is 6.41. The molecule has 3 N–H and O–H groups in total. The van der Waals surface area contributed by atoms with E-state index in [1.807, 2.05) is 6.07 Å². The number of carbonyl (C=O) groups excluding carboxylic acids is 1. The minimum atomic E-state index is -9.74. The van der Waals surface area contributed by atoms with Crippen LogP contribution in [0.25, 0.3) is 0 Å². The number of aliphatic hydroxyl groups is 1. The number of urea groups is 1. The highest BCUT2D eigenvalue weighted by Crippen LogP contribution is 3.02. The molecule has 2 aromatic carbocycles. The molecule has 0 heterocycles. The van der Waals surface area contributed by atoms with Crippen molar-refractivity contribution in [3.63, 3.8) is 0 Å². The molecule has 2 amide bonds. The molecule has 0 aromatic heterocycles. The van der Waals surface area contributed by atoms with Crippen LogP contribution in [0.5, 0.6) is 0 Å². The van der Waals surface area contributed by atoms with E-state index < -0.39 is 27.3 Å². The molecule has 1 unspecified atom stereocenters. The third-order valence-electron chi connectivity index (χ3n) is 4.27. The fourth-order valence-corrected chi connectivity index (χ4v) is 3.62. The first-order chi connectivity index (χ1) is 12.3. The first kappa shape index (κ1) is 19.4. The summed E-state index contributed by atoms with van der Waals surface area (Å²) in [6.45, 7) is 0.